The Labute approximate surface area is 140 Å². The number of hydrogen-bond donors (Lipinski definition) is 1. The third-order valence-corrected chi connectivity index (χ3v) is 5.24. The highest BCUT2D eigenvalue weighted by Gasteiger charge is 2.37. The molecule has 132 valence electrons. The van der Waals surface area contributed by atoms with Crippen molar-refractivity contribution in [2.24, 2.45) is 11.0 Å². The first-order valence-corrected chi connectivity index (χ1v) is 8.59. The summed E-state index contributed by atoms with van der Waals surface area (Å²) in [6.45, 7) is 2.84. The van der Waals surface area contributed by atoms with Crippen molar-refractivity contribution in [2.45, 2.75) is 24.8 Å². The van der Waals surface area contributed by atoms with Gasteiger partial charge in [0.15, 0.2) is 0 Å². The van der Waals surface area contributed by atoms with Gasteiger partial charge in [-0.3, -0.25) is 4.79 Å². The van der Waals surface area contributed by atoms with Crippen LogP contribution in [0.25, 0.3) is 10.4 Å². The lowest BCUT2D eigenvalue weighted by atomic mass is 10.1. The van der Waals surface area contributed by atoms with Crippen LogP contribution in [0, 0.1) is 5.92 Å². The molecule has 24 heavy (non-hydrogen) atoms. The standard InChI is InChI=1S/C14H20N4O5S/c1-10(2)13(14(19)20)18(9-8-16-17-15)24(21,22)12-6-4-11(23-3)5-7-12/h4-7,10,13H,8-9H2,1-3H3,(H,19,20)/t13-/m1/s1. The van der Waals surface area contributed by atoms with E-state index in [1.54, 1.807) is 13.8 Å². The second-order valence-electron chi connectivity index (χ2n) is 5.27. The SMILES string of the molecule is COc1ccc(S(=O)(=O)N(CCN=[N+]=[N-])[C@@H](C(=O)O)C(C)C)cc1. The lowest BCUT2D eigenvalue weighted by Gasteiger charge is -2.30. The first-order chi connectivity index (χ1) is 11.3. The van der Waals surface area contributed by atoms with Gasteiger partial charge in [0, 0.05) is 18.0 Å². The predicted molar refractivity (Wildman–Crippen MR) is 87.2 cm³/mol. The summed E-state index contributed by atoms with van der Waals surface area (Å²) in [5.41, 5.74) is 8.37. The molecule has 0 fully saturated rings. The Kier molecular flexibility index (Phi) is 7.02. The summed E-state index contributed by atoms with van der Waals surface area (Å²) in [5, 5.41) is 12.7. The highest BCUT2D eigenvalue weighted by Crippen LogP contribution is 2.24. The fourth-order valence-electron chi connectivity index (χ4n) is 2.22. The summed E-state index contributed by atoms with van der Waals surface area (Å²) in [5.74, 6) is -1.25. The highest BCUT2D eigenvalue weighted by molar-refractivity contribution is 7.89. The summed E-state index contributed by atoms with van der Waals surface area (Å²) in [7, 11) is -2.63. The molecule has 0 aliphatic heterocycles. The van der Waals surface area contributed by atoms with Crippen LogP contribution in [0.5, 0.6) is 5.75 Å². The maximum atomic E-state index is 12.9. The van der Waals surface area contributed by atoms with Gasteiger partial charge in [0.2, 0.25) is 10.0 Å². The molecule has 0 saturated carbocycles. The van der Waals surface area contributed by atoms with E-state index >= 15 is 0 Å². The molecule has 0 aliphatic carbocycles. The summed E-state index contributed by atoms with van der Waals surface area (Å²) in [6, 6.07) is 4.36. The van der Waals surface area contributed by atoms with Crippen LogP contribution in [0.4, 0.5) is 0 Å². The third-order valence-electron chi connectivity index (χ3n) is 3.34. The van der Waals surface area contributed by atoms with E-state index in [2.05, 4.69) is 10.0 Å². The summed E-state index contributed by atoms with van der Waals surface area (Å²) in [4.78, 5) is 14.1. The van der Waals surface area contributed by atoms with Crippen LogP contribution in [0.15, 0.2) is 34.3 Å². The average molecular weight is 356 g/mol. The number of carbonyl (C=O) groups is 1. The number of hydrogen-bond acceptors (Lipinski definition) is 5. The second kappa shape index (κ2) is 8.53. The van der Waals surface area contributed by atoms with Crippen LogP contribution in [0.1, 0.15) is 13.8 Å². The van der Waals surface area contributed by atoms with E-state index < -0.39 is 28.0 Å². The third kappa shape index (κ3) is 4.60. The molecule has 1 rings (SSSR count). The van der Waals surface area contributed by atoms with E-state index in [0.717, 1.165) is 4.31 Å². The summed E-state index contributed by atoms with van der Waals surface area (Å²) in [6.07, 6.45) is 0. The molecule has 0 radical (unpaired) electrons. The smallest absolute Gasteiger partial charge is 0.322 e. The molecule has 9 nitrogen and oxygen atoms in total. The Morgan fingerprint density at radius 1 is 1.38 bits per heavy atom. The Morgan fingerprint density at radius 2 is 1.96 bits per heavy atom. The summed E-state index contributed by atoms with van der Waals surface area (Å²) < 4.78 is 31.6. The van der Waals surface area contributed by atoms with Crippen LogP contribution in [-0.4, -0.2) is 50.0 Å². The number of benzene rings is 1. The number of nitrogens with zero attached hydrogens (tertiary/aromatic N) is 4. The molecule has 0 aromatic heterocycles. The molecule has 0 aliphatic rings. The topological polar surface area (TPSA) is 133 Å². The van der Waals surface area contributed by atoms with Gasteiger partial charge in [-0.05, 0) is 35.7 Å². The van der Waals surface area contributed by atoms with Gasteiger partial charge in [0.1, 0.15) is 11.8 Å². The van der Waals surface area contributed by atoms with Gasteiger partial charge in [-0.1, -0.05) is 19.0 Å². The first kappa shape index (κ1) is 19.8. The molecular formula is C14H20N4O5S. The van der Waals surface area contributed by atoms with E-state index in [9.17, 15) is 18.3 Å². The van der Waals surface area contributed by atoms with Crippen molar-refractivity contribution in [3.63, 3.8) is 0 Å². The molecule has 1 atom stereocenters. The fraction of sp³-hybridized carbons (Fsp3) is 0.500. The number of azide groups is 1. The van der Waals surface area contributed by atoms with Gasteiger partial charge in [-0.2, -0.15) is 4.31 Å². The molecule has 0 saturated heterocycles. The van der Waals surface area contributed by atoms with Gasteiger partial charge >= 0.3 is 5.97 Å². The number of ether oxygens (including phenoxy) is 1. The van der Waals surface area contributed by atoms with Crippen molar-refractivity contribution in [3.05, 3.63) is 34.7 Å². The number of carboxylic acid groups (broad SMARTS) is 1. The zero-order chi connectivity index (χ0) is 18.3. The lowest BCUT2D eigenvalue weighted by molar-refractivity contribution is -0.142. The monoisotopic (exact) mass is 356 g/mol. The molecule has 0 amide bonds. The largest absolute Gasteiger partial charge is 0.497 e. The van der Waals surface area contributed by atoms with Gasteiger partial charge < -0.3 is 9.84 Å². The van der Waals surface area contributed by atoms with Crippen LogP contribution in [0.3, 0.4) is 0 Å². The average Bonchev–Trinajstić information content (AvgIpc) is 2.53. The number of carboxylic acids is 1. The van der Waals surface area contributed by atoms with Crippen molar-refractivity contribution in [3.8, 4) is 5.75 Å². The highest BCUT2D eigenvalue weighted by atomic mass is 32.2. The van der Waals surface area contributed by atoms with Crippen LogP contribution < -0.4 is 4.74 Å². The Bertz CT molecular complexity index is 711. The quantitative estimate of drug-likeness (QED) is 0.411. The summed E-state index contributed by atoms with van der Waals surface area (Å²) >= 11 is 0. The van der Waals surface area contributed by atoms with Crippen LogP contribution in [-0.2, 0) is 14.8 Å². The van der Waals surface area contributed by atoms with Crippen LogP contribution in [0.2, 0.25) is 0 Å². The van der Waals surface area contributed by atoms with Gasteiger partial charge in [-0.15, -0.1) is 0 Å². The first-order valence-electron chi connectivity index (χ1n) is 7.15. The number of rotatable bonds is 9. The van der Waals surface area contributed by atoms with Gasteiger partial charge in [0.05, 0.1) is 12.0 Å². The maximum absolute atomic E-state index is 12.9. The van der Waals surface area contributed by atoms with E-state index in [1.165, 1.54) is 31.4 Å². The van der Waals surface area contributed by atoms with Crippen LogP contribution >= 0.6 is 0 Å². The molecule has 0 spiro atoms. The van der Waals surface area contributed by atoms with Gasteiger partial charge in [-0.25, -0.2) is 8.42 Å². The fourth-order valence-corrected chi connectivity index (χ4v) is 3.93. The minimum absolute atomic E-state index is 0.0591. The molecule has 0 heterocycles. The van der Waals surface area contributed by atoms with E-state index in [4.69, 9.17) is 10.3 Å². The minimum Gasteiger partial charge on any atom is -0.497 e. The maximum Gasteiger partial charge on any atom is 0.322 e. The van der Waals surface area contributed by atoms with Crippen molar-refractivity contribution >= 4 is 16.0 Å². The predicted octanol–water partition coefficient (Wildman–Crippen LogP) is 2.11. The molecule has 0 unspecified atom stereocenters. The molecule has 10 heteroatoms. The van der Waals surface area contributed by atoms with Crippen molar-refractivity contribution in [1.29, 1.82) is 0 Å². The number of aliphatic carboxylic acids is 1. The minimum atomic E-state index is -4.08. The second-order valence-corrected chi connectivity index (χ2v) is 7.16. The lowest BCUT2D eigenvalue weighted by Crippen LogP contribution is -2.49. The number of sulfonamides is 1. The molecule has 1 N–H and O–H groups in total. The van der Waals surface area contributed by atoms with E-state index in [-0.39, 0.29) is 18.0 Å². The van der Waals surface area contributed by atoms with E-state index in [0.29, 0.717) is 5.75 Å². The molecule has 1 aromatic rings. The van der Waals surface area contributed by atoms with Gasteiger partial charge in [0.25, 0.3) is 0 Å². The zero-order valence-electron chi connectivity index (χ0n) is 13.7. The van der Waals surface area contributed by atoms with E-state index in [1.807, 2.05) is 0 Å². The molecular weight excluding hydrogens is 336 g/mol. The van der Waals surface area contributed by atoms with Crippen molar-refractivity contribution in [1.82, 2.24) is 4.31 Å². The number of methoxy groups -OCH3 is 1. The zero-order valence-corrected chi connectivity index (χ0v) is 14.5. The normalized spacial score (nSPS) is 12.7. The van der Waals surface area contributed by atoms with Crippen molar-refractivity contribution in [2.75, 3.05) is 20.2 Å². The van der Waals surface area contributed by atoms with Crippen molar-refractivity contribution < 1.29 is 23.1 Å². The Hall–Kier alpha value is -2.29. The Balaban J connectivity index is 3.32. The molecule has 0 bridgehead atoms. The Morgan fingerprint density at radius 3 is 2.38 bits per heavy atom. The molecule has 1 aromatic carbocycles.